The van der Waals surface area contributed by atoms with Crippen molar-refractivity contribution in [2.45, 2.75) is 19.8 Å². The van der Waals surface area contributed by atoms with Crippen LogP contribution >= 0.6 is 11.6 Å². The number of likely N-dealkylation sites (N-methyl/N-ethyl adjacent to an activating group) is 1. The lowest BCUT2D eigenvalue weighted by molar-refractivity contribution is -0.880. The molecule has 0 bridgehead atoms. The van der Waals surface area contributed by atoms with E-state index < -0.39 is 0 Å². The summed E-state index contributed by atoms with van der Waals surface area (Å²) < 4.78 is 0. The van der Waals surface area contributed by atoms with Crippen LogP contribution in [0.2, 0.25) is 5.02 Å². The van der Waals surface area contributed by atoms with Crippen LogP contribution in [0.3, 0.4) is 0 Å². The zero-order valence-electron chi connectivity index (χ0n) is 15.7. The number of anilines is 2. The minimum absolute atomic E-state index is 0.118. The number of carbonyl (C=O) groups excluding carboxylic acids is 1. The lowest BCUT2D eigenvalue weighted by Gasteiger charge is -2.32. The summed E-state index contributed by atoms with van der Waals surface area (Å²) in [7, 11) is 2.21. The molecule has 4 nitrogen and oxygen atoms in total. The fourth-order valence-corrected chi connectivity index (χ4v) is 3.49. The normalized spacial score (nSPS) is 15.3. The molecular formula is C21H27ClN3O+. The minimum Gasteiger partial charge on any atom is -0.359 e. The average molecular weight is 373 g/mol. The summed E-state index contributed by atoms with van der Waals surface area (Å²) in [6, 6.07) is 13.5. The van der Waals surface area contributed by atoms with Crippen molar-refractivity contribution in [1.82, 2.24) is 0 Å². The molecule has 1 heterocycles. The molecule has 1 fully saturated rings. The van der Waals surface area contributed by atoms with E-state index in [0.29, 0.717) is 16.5 Å². The molecule has 138 valence electrons. The molecular weight excluding hydrogens is 346 g/mol. The third kappa shape index (κ3) is 4.37. The van der Waals surface area contributed by atoms with Crippen LogP contribution in [0.4, 0.5) is 11.4 Å². The molecule has 0 radical (unpaired) electrons. The number of benzene rings is 2. The Labute approximate surface area is 160 Å². The fraction of sp³-hybridized carbons (Fsp3) is 0.381. The Balaban J connectivity index is 1.68. The van der Waals surface area contributed by atoms with Crippen molar-refractivity contribution in [3.8, 4) is 0 Å². The molecule has 0 aliphatic carbocycles. The Kier molecular flexibility index (Phi) is 5.84. The van der Waals surface area contributed by atoms with E-state index in [1.54, 1.807) is 4.90 Å². The van der Waals surface area contributed by atoms with E-state index in [-0.39, 0.29) is 5.91 Å². The minimum atomic E-state index is -0.118. The lowest BCUT2D eigenvalue weighted by atomic mass is 10.0. The van der Waals surface area contributed by atoms with Crippen molar-refractivity contribution >= 4 is 28.9 Å². The highest BCUT2D eigenvalue weighted by atomic mass is 35.5. The third-order valence-electron chi connectivity index (χ3n) is 5.00. The Hall–Kier alpha value is -2.04. The van der Waals surface area contributed by atoms with Gasteiger partial charge in [0, 0.05) is 11.3 Å². The monoisotopic (exact) mass is 372 g/mol. The van der Waals surface area contributed by atoms with E-state index in [0.717, 1.165) is 37.6 Å². The quantitative estimate of drug-likeness (QED) is 0.865. The molecule has 0 unspecified atom stereocenters. The number of piperazine rings is 1. The molecule has 26 heavy (non-hydrogen) atoms. The topological polar surface area (TPSA) is 36.8 Å². The predicted octanol–water partition coefficient (Wildman–Crippen LogP) is 3.05. The molecule has 2 N–H and O–H groups in total. The summed E-state index contributed by atoms with van der Waals surface area (Å²) in [5, 5.41) is 3.62. The highest BCUT2D eigenvalue weighted by Crippen LogP contribution is 2.29. The molecule has 1 aliphatic rings. The van der Waals surface area contributed by atoms with Gasteiger partial charge in [-0.2, -0.15) is 0 Å². The maximum Gasteiger partial charge on any atom is 0.255 e. The van der Waals surface area contributed by atoms with Gasteiger partial charge in [0.15, 0.2) is 0 Å². The Morgan fingerprint density at radius 3 is 2.35 bits per heavy atom. The van der Waals surface area contributed by atoms with E-state index in [2.05, 4.69) is 31.1 Å². The van der Waals surface area contributed by atoms with Gasteiger partial charge in [0.25, 0.3) is 5.91 Å². The second-order valence-electron chi connectivity index (χ2n) is 7.34. The molecule has 0 saturated carbocycles. The van der Waals surface area contributed by atoms with Crippen LogP contribution in [0.5, 0.6) is 0 Å². The fourth-order valence-electron chi connectivity index (χ4n) is 3.19. The zero-order chi connectivity index (χ0) is 18.7. The van der Waals surface area contributed by atoms with Crippen LogP contribution in [0.15, 0.2) is 42.5 Å². The molecule has 3 rings (SSSR count). The van der Waals surface area contributed by atoms with Gasteiger partial charge in [0.2, 0.25) is 0 Å². The molecule has 0 aromatic heterocycles. The van der Waals surface area contributed by atoms with Gasteiger partial charge < -0.3 is 15.1 Å². The smallest absolute Gasteiger partial charge is 0.255 e. The van der Waals surface area contributed by atoms with Crippen molar-refractivity contribution in [2.75, 3.05) is 43.4 Å². The molecule has 2 aromatic rings. The van der Waals surface area contributed by atoms with Crippen LogP contribution in [0, 0.1) is 0 Å². The first-order chi connectivity index (χ1) is 12.4. The Bertz CT molecular complexity index is 765. The van der Waals surface area contributed by atoms with Gasteiger partial charge in [-0.05, 0) is 41.8 Å². The number of amides is 1. The van der Waals surface area contributed by atoms with Crippen LogP contribution in [-0.2, 0) is 0 Å². The highest BCUT2D eigenvalue weighted by Gasteiger charge is 2.19. The number of carbonyl (C=O) groups is 1. The first kappa shape index (κ1) is 18.7. The summed E-state index contributed by atoms with van der Waals surface area (Å²) >= 11 is 6.48. The molecule has 1 amide bonds. The van der Waals surface area contributed by atoms with Gasteiger partial charge in [0.1, 0.15) is 0 Å². The number of rotatable bonds is 4. The number of halogens is 1. The third-order valence-corrected chi connectivity index (χ3v) is 5.31. The average Bonchev–Trinajstić information content (AvgIpc) is 2.63. The van der Waals surface area contributed by atoms with E-state index in [9.17, 15) is 4.79 Å². The zero-order valence-corrected chi connectivity index (χ0v) is 16.4. The second kappa shape index (κ2) is 8.11. The van der Waals surface area contributed by atoms with Crippen LogP contribution in [0.25, 0.3) is 0 Å². The summed E-state index contributed by atoms with van der Waals surface area (Å²) in [6.07, 6.45) is 0. The van der Waals surface area contributed by atoms with Crippen LogP contribution in [-0.4, -0.2) is 39.1 Å². The number of hydrogen-bond acceptors (Lipinski definition) is 2. The molecule has 2 aromatic carbocycles. The SMILES string of the molecule is CC(C)c1ccc(C(=O)Nc2ccc(N3CC[NH+](C)CC3)c(Cl)c2)cc1. The lowest BCUT2D eigenvalue weighted by Crippen LogP contribution is -3.12. The number of hydrogen-bond donors (Lipinski definition) is 2. The van der Waals surface area contributed by atoms with Gasteiger partial charge in [-0.25, -0.2) is 0 Å². The van der Waals surface area contributed by atoms with E-state index in [4.69, 9.17) is 11.6 Å². The maximum atomic E-state index is 12.5. The van der Waals surface area contributed by atoms with Gasteiger partial charge in [0.05, 0.1) is 43.9 Å². The maximum absolute atomic E-state index is 12.5. The van der Waals surface area contributed by atoms with Crippen molar-refractivity contribution in [1.29, 1.82) is 0 Å². The Morgan fingerprint density at radius 1 is 1.12 bits per heavy atom. The van der Waals surface area contributed by atoms with Crippen LogP contribution < -0.4 is 15.1 Å². The summed E-state index contributed by atoms with van der Waals surface area (Å²) in [4.78, 5) is 16.3. The largest absolute Gasteiger partial charge is 0.359 e. The molecule has 5 heteroatoms. The summed E-state index contributed by atoms with van der Waals surface area (Å²) in [5.41, 5.74) is 3.63. The number of nitrogens with one attached hydrogen (secondary N) is 2. The van der Waals surface area contributed by atoms with E-state index >= 15 is 0 Å². The predicted molar refractivity (Wildman–Crippen MR) is 109 cm³/mol. The van der Waals surface area contributed by atoms with E-state index in [1.807, 2.05) is 42.5 Å². The Morgan fingerprint density at radius 2 is 1.77 bits per heavy atom. The van der Waals surface area contributed by atoms with Crippen molar-refractivity contribution in [3.63, 3.8) is 0 Å². The molecule has 1 saturated heterocycles. The van der Waals surface area contributed by atoms with Crippen molar-refractivity contribution in [3.05, 3.63) is 58.6 Å². The van der Waals surface area contributed by atoms with Gasteiger partial charge in [-0.3, -0.25) is 4.79 Å². The first-order valence-electron chi connectivity index (χ1n) is 9.21. The molecule has 0 spiro atoms. The molecule has 0 atom stereocenters. The van der Waals surface area contributed by atoms with Crippen molar-refractivity contribution in [2.24, 2.45) is 0 Å². The molecule has 1 aliphatic heterocycles. The van der Waals surface area contributed by atoms with Gasteiger partial charge in [-0.1, -0.05) is 37.6 Å². The highest BCUT2D eigenvalue weighted by molar-refractivity contribution is 6.33. The summed E-state index contributed by atoms with van der Waals surface area (Å²) in [6.45, 7) is 8.50. The van der Waals surface area contributed by atoms with Gasteiger partial charge >= 0.3 is 0 Å². The van der Waals surface area contributed by atoms with E-state index in [1.165, 1.54) is 5.56 Å². The summed E-state index contributed by atoms with van der Waals surface area (Å²) in [5.74, 6) is 0.335. The standard InChI is InChI=1S/C21H26ClN3O/c1-15(2)16-4-6-17(7-5-16)21(26)23-18-8-9-20(19(22)14-18)25-12-10-24(3)11-13-25/h4-9,14-15H,10-13H2,1-3H3,(H,23,26)/p+1. The van der Waals surface area contributed by atoms with Crippen molar-refractivity contribution < 1.29 is 9.69 Å². The van der Waals surface area contributed by atoms with Crippen LogP contribution in [0.1, 0.15) is 35.7 Å². The number of nitrogens with zero attached hydrogens (tertiary/aromatic N) is 1. The second-order valence-corrected chi connectivity index (χ2v) is 7.75. The first-order valence-corrected chi connectivity index (χ1v) is 9.59. The van der Waals surface area contributed by atoms with Gasteiger partial charge in [-0.15, -0.1) is 0 Å². The number of quaternary nitrogens is 1.